The Hall–Kier alpha value is -3.77. The van der Waals surface area contributed by atoms with Crippen LogP contribution < -0.4 is 15.5 Å². The van der Waals surface area contributed by atoms with Gasteiger partial charge < -0.3 is 24.8 Å². The molecule has 0 fully saturated rings. The number of nitrogens with zero attached hydrogens (tertiary/aromatic N) is 2. The summed E-state index contributed by atoms with van der Waals surface area (Å²) in [6.07, 6.45) is 2.55. The van der Waals surface area contributed by atoms with E-state index in [0.29, 0.717) is 22.0 Å². The summed E-state index contributed by atoms with van der Waals surface area (Å²) in [7, 11) is -1.41. The number of rotatable bonds is 19. The Kier molecular flexibility index (Phi) is 14.2. The highest BCUT2D eigenvalue weighted by molar-refractivity contribution is 7.86. The van der Waals surface area contributed by atoms with Gasteiger partial charge in [0.2, 0.25) is 24.0 Å². The molecular weight excluding hydrogens is 632 g/mol. The van der Waals surface area contributed by atoms with Crippen LogP contribution in [-0.4, -0.2) is 107 Å². The molecule has 0 bridgehead atoms. The summed E-state index contributed by atoms with van der Waals surface area (Å²) in [5.74, 6) is -3.37. The summed E-state index contributed by atoms with van der Waals surface area (Å²) in [6, 6.07) is 4.62. The van der Waals surface area contributed by atoms with E-state index < -0.39 is 64.0 Å². The van der Waals surface area contributed by atoms with Crippen LogP contribution in [0.1, 0.15) is 24.4 Å². The van der Waals surface area contributed by atoms with Crippen molar-refractivity contribution in [2.24, 2.45) is 0 Å². The van der Waals surface area contributed by atoms with E-state index in [0.717, 1.165) is 18.1 Å². The van der Waals surface area contributed by atoms with Crippen LogP contribution in [0.4, 0.5) is 5.00 Å². The molecule has 0 aliphatic rings. The molecule has 0 unspecified atom stereocenters. The third-order valence-corrected chi connectivity index (χ3v) is 7.73. The minimum atomic E-state index is -4.05. The summed E-state index contributed by atoms with van der Waals surface area (Å²) in [5, 5.41) is 6.16. The van der Waals surface area contributed by atoms with Gasteiger partial charge in [0.05, 0.1) is 36.7 Å². The van der Waals surface area contributed by atoms with Crippen molar-refractivity contribution >= 4 is 56.4 Å². The number of aromatic nitrogens is 1. The van der Waals surface area contributed by atoms with Gasteiger partial charge in [0.15, 0.2) is 5.60 Å². The number of nitrogens with one attached hydrogen (secondary N) is 2. The Bertz CT molecular complexity index is 1430. The molecule has 0 spiro atoms. The summed E-state index contributed by atoms with van der Waals surface area (Å²) < 4.78 is 43.8. The molecule has 1 aromatic carbocycles. The molecule has 45 heavy (non-hydrogen) atoms. The van der Waals surface area contributed by atoms with Gasteiger partial charge in [0, 0.05) is 21.1 Å². The van der Waals surface area contributed by atoms with Crippen LogP contribution in [0.3, 0.4) is 0 Å². The number of aryl methyl sites for hydroxylation is 1. The summed E-state index contributed by atoms with van der Waals surface area (Å²) >= 11 is 1.17. The van der Waals surface area contributed by atoms with Crippen LogP contribution in [0.15, 0.2) is 36.5 Å². The lowest BCUT2D eigenvalue weighted by Gasteiger charge is -2.32. The Morgan fingerprint density at radius 3 is 2.18 bits per heavy atom. The average molecular weight is 671 g/mol. The van der Waals surface area contributed by atoms with Crippen LogP contribution in [-0.2, 0) is 58.9 Å². The van der Waals surface area contributed by atoms with Crippen LogP contribution in [0.5, 0.6) is 0 Å². The number of amides is 3. The van der Waals surface area contributed by atoms with Gasteiger partial charge in [-0.25, -0.2) is 4.98 Å². The maximum absolute atomic E-state index is 13.9. The third-order valence-electron chi connectivity index (χ3n) is 6.26. The van der Waals surface area contributed by atoms with Gasteiger partial charge in [-0.15, -0.1) is 11.3 Å². The van der Waals surface area contributed by atoms with Gasteiger partial charge in [-0.2, -0.15) is 8.42 Å². The number of esters is 1. The predicted molar refractivity (Wildman–Crippen MR) is 163 cm³/mol. The zero-order chi connectivity index (χ0) is 33.8. The number of hydrogen-bond donors (Lipinski definition) is 2. The molecule has 3 amide bonds. The number of carbonyl (C=O) groups excluding carboxylic acids is 5. The SMILES string of the molecule is COC[C@H](NC(=O)[C@H](COC)N(C=O)c1cnc(C)s1)C(=O)N[C@@H](Cc1ccccc1)C(=O)[C@@](C)(COS(C)(=O)=O)OC(C)=O. The highest BCUT2D eigenvalue weighted by Gasteiger charge is 2.43. The maximum atomic E-state index is 13.9. The van der Waals surface area contributed by atoms with Gasteiger partial charge in [-0.05, 0) is 25.8 Å². The largest absolute Gasteiger partial charge is 0.449 e. The highest BCUT2D eigenvalue weighted by Crippen LogP contribution is 2.24. The number of thiazole rings is 1. The topological polar surface area (TPSA) is 197 Å². The maximum Gasteiger partial charge on any atom is 0.303 e. The molecule has 0 saturated carbocycles. The van der Waals surface area contributed by atoms with Gasteiger partial charge in [0.25, 0.3) is 10.1 Å². The van der Waals surface area contributed by atoms with Crippen molar-refractivity contribution in [3.63, 3.8) is 0 Å². The normalized spacial score (nSPS) is 14.7. The molecule has 2 N–H and O–H groups in total. The second kappa shape index (κ2) is 17.1. The van der Waals surface area contributed by atoms with Gasteiger partial charge in [-0.3, -0.25) is 33.1 Å². The lowest BCUT2D eigenvalue weighted by Crippen LogP contribution is -2.60. The van der Waals surface area contributed by atoms with E-state index in [2.05, 4.69) is 15.6 Å². The van der Waals surface area contributed by atoms with E-state index in [-0.39, 0.29) is 19.6 Å². The first-order chi connectivity index (χ1) is 21.1. The lowest BCUT2D eigenvalue weighted by atomic mass is 9.91. The zero-order valence-corrected chi connectivity index (χ0v) is 27.4. The van der Waals surface area contributed by atoms with Gasteiger partial charge >= 0.3 is 5.97 Å². The molecule has 0 saturated heterocycles. The zero-order valence-electron chi connectivity index (χ0n) is 25.8. The summed E-state index contributed by atoms with van der Waals surface area (Å²) in [4.78, 5) is 70.1. The molecule has 0 radical (unpaired) electrons. The predicted octanol–water partition coefficient (Wildman–Crippen LogP) is 0.155. The lowest BCUT2D eigenvalue weighted by molar-refractivity contribution is -0.168. The third kappa shape index (κ3) is 11.6. The van der Waals surface area contributed by atoms with E-state index >= 15 is 0 Å². The number of benzene rings is 1. The molecular formula is C28H38N4O11S2. The van der Waals surface area contributed by atoms with E-state index in [1.165, 1.54) is 38.7 Å². The van der Waals surface area contributed by atoms with Gasteiger partial charge in [-0.1, -0.05) is 30.3 Å². The standard InChI is InChI=1S/C28H38N4O11S2/c1-18-29-13-24(44-18)32(17-33)23(15-41-5)27(37)31-22(14-40-4)26(36)30-21(12-20-10-8-7-9-11-20)25(35)28(3,43-19(2)34)16-42-45(6,38)39/h7-11,13,17,21-23H,12,14-16H2,1-6H3,(H,30,36)(H,31,37)/t21-,22-,23-,28+/m0/s1. The average Bonchev–Trinajstić information content (AvgIpc) is 3.40. The number of carbonyl (C=O) groups is 5. The number of Topliss-reactive ketones (excluding diaryl/α,β-unsaturated/α-hetero) is 1. The van der Waals surface area contributed by atoms with E-state index in [1.54, 1.807) is 37.3 Å². The van der Waals surface area contributed by atoms with Gasteiger partial charge in [0.1, 0.15) is 23.7 Å². The molecule has 2 aromatic rings. The monoisotopic (exact) mass is 670 g/mol. The molecule has 15 nitrogen and oxygen atoms in total. The molecule has 248 valence electrons. The smallest absolute Gasteiger partial charge is 0.303 e. The van der Waals surface area contributed by atoms with Crippen molar-refractivity contribution in [1.29, 1.82) is 0 Å². The Morgan fingerprint density at radius 2 is 1.67 bits per heavy atom. The van der Waals surface area contributed by atoms with Crippen molar-refractivity contribution < 1.29 is 50.8 Å². The summed E-state index contributed by atoms with van der Waals surface area (Å²) in [6.45, 7) is 2.54. The summed E-state index contributed by atoms with van der Waals surface area (Å²) in [5.41, 5.74) is -1.51. The van der Waals surface area contributed by atoms with Crippen LogP contribution >= 0.6 is 11.3 Å². The fourth-order valence-corrected chi connectivity index (χ4v) is 5.42. The van der Waals surface area contributed by atoms with E-state index in [4.69, 9.17) is 18.4 Å². The molecule has 4 atom stereocenters. The van der Waals surface area contributed by atoms with Crippen molar-refractivity contribution in [1.82, 2.24) is 15.6 Å². The minimum Gasteiger partial charge on any atom is -0.449 e. The first kappa shape index (κ1) is 37.4. The molecule has 0 aliphatic heterocycles. The van der Waals surface area contributed by atoms with Crippen LogP contribution in [0, 0.1) is 6.92 Å². The van der Waals surface area contributed by atoms with Crippen molar-refractivity contribution in [2.45, 2.75) is 50.9 Å². The highest BCUT2D eigenvalue weighted by atomic mass is 32.2. The van der Waals surface area contributed by atoms with Crippen molar-refractivity contribution in [3.8, 4) is 0 Å². The van der Waals surface area contributed by atoms with E-state index in [9.17, 15) is 32.4 Å². The van der Waals surface area contributed by atoms with Crippen LogP contribution in [0.2, 0.25) is 0 Å². The Morgan fingerprint density at radius 1 is 1.04 bits per heavy atom. The molecule has 17 heteroatoms. The fraction of sp³-hybridized carbons (Fsp3) is 0.500. The minimum absolute atomic E-state index is 0.0925. The molecule has 1 aromatic heterocycles. The fourth-order valence-electron chi connectivity index (χ4n) is 4.19. The number of ether oxygens (including phenoxy) is 3. The first-order valence-electron chi connectivity index (χ1n) is 13.5. The molecule has 1 heterocycles. The van der Waals surface area contributed by atoms with Crippen molar-refractivity contribution in [3.05, 3.63) is 47.1 Å². The number of ketones is 1. The number of hydrogen-bond acceptors (Lipinski definition) is 13. The second-order valence-electron chi connectivity index (χ2n) is 10.1. The number of methoxy groups -OCH3 is 2. The van der Waals surface area contributed by atoms with Crippen molar-refractivity contribution in [2.75, 3.05) is 45.2 Å². The van der Waals surface area contributed by atoms with E-state index in [1.807, 2.05) is 0 Å². The second-order valence-corrected chi connectivity index (χ2v) is 13.0. The number of anilines is 1. The first-order valence-corrected chi connectivity index (χ1v) is 16.1. The molecule has 0 aliphatic carbocycles. The Balaban J connectivity index is 2.41. The Labute approximate surface area is 265 Å². The van der Waals surface area contributed by atoms with Crippen LogP contribution in [0.25, 0.3) is 0 Å². The quantitative estimate of drug-likeness (QED) is 0.117. The molecule has 2 rings (SSSR count).